The highest BCUT2D eigenvalue weighted by Gasteiger charge is 2.02. The van der Waals surface area contributed by atoms with Gasteiger partial charge in [0.25, 0.3) is 0 Å². The summed E-state index contributed by atoms with van der Waals surface area (Å²) in [5.74, 6) is 0. The lowest BCUT2D eigenvalue weighted by Crippen LogP contribution is -1.87. The molecule has 2 nitrogen and oxygen atoms in total. The summed E-state index contributed by atoms with van der Waals surface area (Å²) >= 11 is 0. The molecule has 0 aliphatic carbocycles. The fraction of sp³-hybridized carbons (Fsp3) is 0.0714. The highest BCUT2D eigenvalue weighted by atomic mass is 15.0. The van der Waals surface area contributed by atoms with Gasteiger partial charge < -0.3 is 4.57 Å². The predicted molar refractivity (Wildman–Crippen MR) is 66.2 cm³/mol. The van der Waals surface area contributed by atoms with Gasteiger partial charge in [0.05, 0.1) is 0 Å². The number of aryl methyl sites for hydroxylation is 1. The van der Waals surface area contributed by atoms with E-state index in [4.69, 9.17) is 0 Å². The van der Waals surface area contributed by atoms with Crippen molar-refractivity contribution in [1.29, 1.82) is 0 Å². The number of pyridine rings is 1. The van der Waals surface area contributed by atoms with Crippen LogP contribution in [0.4, 0.5) is 0 Å². The van der Waals surface area contributed by atoms with Crippen LogP contribution in [-0.4, -0.2) is 9.55 Å². The van der Waals surface area contributed by atoms with E-state index < -0.39 is 0 Å². The maximum Gasteiger partial charge on any atom is 0.139 e. The van der Waals surface area contributed by atoms with Crippen molar-refractivity contribution >= 4 is 11.0 Å². The summed E-state index contributed by atoms with van der Waals surface area (Å²) in [6, 6.07) is 14.6. The molecule has 0 radical (unpaired) electrons. The zero-order chi connectivity index (χ0) is 11.0. The van der Waals surface area contributed by atoms with E-state index in [1.54, 1.807) is 0 Å². The second kappa shape index (κ2) is 3.49. The van der Waals surface area contributed by atoms with Gasteiger partial charge in [0.15, 0.2) is 0 Å². The molecule has 0 fully saturated rings. The minimum atomic E-state index is 1.03. The number of nitrogens with zero attached hydrogens (tertiary/aromatic N) is 2. The van der Waals surface area contributed by atoms with Crippen LogP contribution in [0.1, 0.15) is 0 Å². The molecule has 0 N–H and O–H groups in total. The third-order valence-corrected chi connectivity index (χ3v) is 2.81. The molecule has 0 aliphatic heterocycles. The molecular weight excluding hydrogens is 196 g/mol. The number of aromatic nitrogens is 2. The van der Waals surface area contributed by atoms with Gasteiger partial charge in [0.2, 0.25) is 0 Å². The zero-order valence-corrected chi connectivity index (χ0v) is 9.09. The Morgan fingerprint density at radius 2 is 1.81 bits per heavy atom. The summed E-state index contributed by atoms with van der Waals surface area (Å²) in [6.07, 6.45) is 3.96. The van der Waals surface area contributed by atoms with Gasteiger partial charge in [-0.2, -0.15) is 0 Å². The first-order chi connectivity index (χ1) is 7.84. The van der Waals surface area contributed by atoms with Gasteiger partial charge >= 0.3 is 0 Å². The Morgan fingerprint density at radius 3 is 2.62 bits per heavy atom. The van der Waals surface area contributed by atoms with Crippen LogP contribution >= 0.6 is 0 Å². The van der Waals surface area contributed by atoms with E-state index in [1.165, 1.54) is 16.5 Å². The van der Waals surface area contributed by atoms with Crippen LogP contribution in [0.3, 0.4) is 0 Å². The molecule has 78 valence electrons. The van der Waals surface area contributed by atoms with Crippen molar-refractivity contribution in [3.63, 3.8) is 0 Å². The molecule has 2 heterocycles. The summed E-state index contributed by atoms with van der Waals surface area (Å²) < 4.78 is 2.03. The molecule has 0 saturated carbocycles. The molecule has 3 aromatic rings. The van der Waals surface area contributed by atoms with E-state index >= 15 is 0 Å². The molecular formula is C14H12N2. The molecule has 0 amide bonds. The van der Waals surface area contributed by atoms with E-state index in [2.05, 4.69) is 29.2 Å². The van der Waals surface area contributed by atoms with Gasteiger partial charge in [-0.05, 0) is 17.7 Å². The van der Waals surface area contributed by atoms with Crippen molar-refractivity contribution in [2.75, 3.05) is 0 Å². The molecule has 0 spiro atoms. The number of hydrogen-bond acceptors (Lipinski definition) is 1. The van der Waals surface area contributed by atoms with Crippen molar-refractivity contribution in [2.45, 2.75) is 0 Å². The first kappa shape index (κ1) is 9.16. The van der Waals surface area contributed by atoms with Crippen LogP contribution in [0.5, 0.6) is 0 Å². The molecule has 2 aromatic heterocycles. The fourth-order valence-electron chi connectivity index (χ4n) is 1.94. The molecule has 2 heteroatoms. The average molecular weight is 208 g/mol. The normalized spacial score (nSPS) is 10.8. The largest absolute Gasteiger partial charge is 0.336 e. The first-order valence-corrected chi connectivity index (χ1v) is 5.31. The van der Waals surface area contributed by atoms with Crippen LogP contribution < -0.4 is 0 Å². The molecule has 0 unspecified atom stereocenters. The number of hydrogen-bond donors (Lipinski definition) is 0. The van der Waals surface area contributed by atoms with Gasteiger partial charge in [-0.1, -0.05) is 30.3 Å². The van der Waals surface area contributed by atoms with Gasteiger partial charge in [-0.15, -0.1) is 0 Å². The molecule has 0 aliphatic rings. The van der Waals surface area contributed by atoms with Crippen LogP contribution in [0.15, 0.2) is 54.9 Å². The first-order valence-electron chi connectivity index (χ1n) is 5.31. The van der Waals surface area contributed by atoms with Gasteiger partial charge in [0, 0.05) is 30.4 Å². The number of benzene rings is 1. The molecule has 0 saturated heterocycles. The fourth-order valence-corrected chi connectivity index (χ4v) is 1.94. The Hall–Kier alpha value is -2.09. The smallest absolute Gasteiger partial charge is 0.139 e. The Labute approximate surface area is 94.2 Å². The molecule has 0 bridgehead atoms. The van der Waals surface area contributed by atoms with Crippen molar-refractivity contribution in [3.8, 4) is 11.1 Å². The van der Waals surface area contributed by atoms with Crippen LogP contribution in [0.25, 0.3) is 22.2 Å². The van der Waals surface area contributed by atoms with E-state index in [9.17, 15) is 0 Å². The van der Waals surface area contributed by atoms with Crippen molar-refractivity contribution in [2.24, 2.45) is 7.05 Å². The lowest BCUT2D eigenvalue weighted by molar-refractivity contribution is 0.949. The molecule has 0 atom stereocenters. The zero-order valence-electron chi connectivity index (χ0n) is 9.09. The van der Waals surface area contributed by atoms with Crippen LogP contribution in [0.2, 0.25) is 0 Å². The Balaban J connectivity index is 2.19. The standard InChI is InChI=1S/C14H12N2/c1-16-8-7-12-9-13(10-15-14(12)16)11-5-3-2-4-6-11/h2-10H,1H3. The second-order valence-electron chi connectivity index (χ2n) is 3.93. The summed E-state index contributed by atoms with van der Waals surface area (Å²) in [6.45, 7) is 0. The average Bonchev–Trinajstić information content (AvgIpc) is 2.72. The number of rotatable bonds is 1. The van der Waals surface area contributed by atoms with E-state index in [0.717, 1.165) is 5.65 Å². The molecule has 3 rings (SSSR count). The summed E-state index contributed by atoms with van der Waals surface area (Å²) in [5, 5.41) is 1.18. The lowest BCUT2D eigenvalue weighted by atomic mass is 10.1. The summed E-state index contributed by atoms with van der Waals surface area (Å²) in [7, 11) is 2.01. The van der Waals surface area contributed by atoms with Crippen LogP contribution in [-0.2, 0) is 7.05 Å². The minimum absolute atomic E-state index is 1.03. The highest BCUT2D eigenvalue weighted by molar-refractivity contribution is 5.81. The number of fused-ring (bicyclic) bond motifs is 1. The Morgan fingerprint density at radius 1 is 1.00 bits per heavy atom. The van der Waals surface area contributed by atoms with E-state index in [0.29, 0.717) is 0 Å². The van der Waals surface area contributed by atoms with Crippen molar-refractivity contribution in [3.05, 3.63) is 54.9 Å². The Bertz CT molecular complexity index is 624. The quantitative estimate of drug-likeness (QED) is 0.600. The molecule has 1 aromatic carbocycles. The maximum absolute atomic E-state index is 4.48. The SMILES string of the molecule is Cn1ccc2cc(-c3ccccc3)cnc21. The second-order valence-corrected chi connectivity index (χ2v) is 3.93. The molecule has 16 heavy (non-hydrogen) atoms. The topological polar surface area (TPSA) is 17.8 Å². The minimum Gasteiger partial charge on any atom is -0.336 e. The van der Waals surface area contributed by atoms with Gasteiger partial charge in [0.1, 0.15) is 5.65 Å². The predicted octanol–water partition coefficient (Wildman–Crippen LogP) is 3.24. The van der Waals surface area contributed by atoms with E-state index in [1.807, 2.05) is 42.2 Å². The highest BCUT2D eigenvalue weighted by Crippen LogP contribution is 2.22. The third-order valence-electron chi connectivity index (χ3n) is 2.81. The lowest BCUT2D eigenvalue weighted by Gasteiger charge is -2.01. The van der Waals surface area contributed by atoms with Crippen molar-refractivity contribution in [1.82, 2.24) is 9.55 Å². The van der Waals surface area contributed by atoms with Crippen LogP contribution in [0, 0.1) is 0 Å². The Kier molecular flexibility index (Phi) is 2.00. The van der Waals surface area contributed by atoms with Crippen molar-refractivity contribution < 1.29 is 0 Å². The monoisotopic (exact) mass is 208 g/mol. The van der Waals surface area contributed by atoms with Gasteiger partial charge in [-0.3, -0.25) is 0 Å². The van der Waals surface area contributed by atoms with E-state index in [-0.39, 0.29) is 0 Å². The summed E-state index contributed by atoms with van der Waals surface area (Å²) in [5.41, 5.74) is 3.40. The van der Waals surface area contributed by atoms with Gasteiger partial charge in [-0.25, -0.2) is 4.98 Å². The third kappa shape index (κ3) is 1.39. The summed E-state index contributed by atoms with van der Waals surface area (Å²) in [4.78, 5) is 4.48. The maximum atomic E-state index is 4.48.